The molecule has 0 bridgehead atoms. The van der Waals surface area contributed by atoms with Crippen molar-refractivity contribution in [1.82, 2.24) is 10.3 Å². The van der Waals surface area contributed by atoms with Gasteiger partial charge in [-0.05, 0) is 12.8 Å². The molecule has 0 spiro atoms. The summed E-state index contributed by atoms with van der Waals surface area (Å²) in [6.45, 7) is 3.07. The zero-order valence-electron chi connectivity index (χ0n) is 8.72. The highest BCUT2D eigenvalue weighted by molar-refractivity contribution is 7.13. The number of thiazole rings is 1. The number of aromatic nitrogens is 1. The minimum Gasteiger partial charge on any atom is -0.395 e. The van der Waals surface area contributed by atoms with Gasteiger partial charge in [0, 0.05) is 37.3 Å². The molecule has 0 unspecified atom stereocenters. The van der Waals surface area contributed by atoms with Crippen molar-refractivity contribution in [2.75, 3.05) is 31.1 Å². The molecule has 1 saturated heterocycles. The summed E-state index contributed by atoms with van der Waals surface area (Å²) < 4.78 is 0. The highest BCUT2D eigenvalue weighted by Crippen LogP contribution is 2.21. The molecule has 0 radical (unpaired) electrons. The Bertz CT molecular complexity index is 270. The van der Waals surface area contributed by atoms with E-state index < -0.39 is 0 Å². The molecule has 0 amide bonds. The molecule has 2 heterocycles. The predicted molar refractivity (Wildman–Crippen MR) is 62.4 cm³/mol. The van der Waals surface area contributed by atoms with E-state index in [9.17, 15) is 0 Å². The second-order valence-electron chi connectivity index (χ2n) is 3.75. The van der Waals surface area contributed by atoms with E-state index in [1.165, 1.54) is 0 Å². The molecule has 0 saturated carbocycles. The van der Waals surface area contributed by atoms with Crippen LogP contribution in [0.25, 0.3) is 0 Å². The zero-order valence-corrected chi connectivity index (χ0v) is 9.54. The minimum atomic E-state index is 0.229. The van der Waals surface area contributed by atoms with E-state index in [1.54, 1.807) is 11.3 Å². The standard InChI is InChI=1S/C10H17N3OS/c14-7-3-11-9-1-5-13(6-2-9)10-12-4-8-15-10/h4,8-9,11,14H,1-3,5-7H2. The molecule has 0 atom stereocenters. The Labute approximate surface area is 93.9 Å². The van der Waals surface area contributed by atoms with E-state index in [1.807, 2.05) is 11.6 Å². The molecule has 84 valence electrons. The maximum absolute atomic E-state index is 8.72. The Kier molecular flexibility index (Phi) is 3.94. The van der Waals surface area contributed by atoms with Crippen LogP contribution in [0.2, 0.25) is 0 Å². The maximum atomic E-state index is 8.72. The lowest BCUT2D eigenvalue weighted by molar-refractivity contribution is 0.277. The van der Waals surface area contributed by atoms with Crippen molar-refractivity contribution < 1.29 is 5.11 Å². The van der Waals surface area contributed by atoms with Crippen LogP contribution in [0.1, 0.15) is 12.8 Å². The van der Waals surface area contributed by atoms with Crippen LogP contribution >= 0.6 is 11.3 Å². The number of aliphatic hydroxyl groups excluding tert-OH is 1. The van der Waals surface area contributed by atoms with Gasteiger partial charge in [0.15, 0.2) is 5.13 Å². The molecule has 15 heavy (non-hydrogen) atoms. The SMILES string of the molecule is OCCNC1CCN(c2nccs2)CC1. The normalized spacial score (nSPS) is 18.3. The molecule has 2 rings (SSSR count). The summed E-state index contributed by atoms with van der Waals surface area (Å²) in [6, 6.07) is 0.563. The van der Waals surface area contributed by atoms with Crippen LogP contribution < -0.4 is 10.2 Å². The molecule has 0 aromatic carbocycles. The average Bonchev–Trinajstić information content (AvgIpc) is 2.80. The predicted octanol–water partition coefficient (Wildman–Crippen LogP) is 0.694. The number of hydrogen-bond donors (Lipinski definition) is 2. The van der Waals surface area contributed by atoms with Crippen LogP contribution in [0.5, 0.6) is 0 Å². The topological polar surface area (TPSA) is 48.4 Å². The number of nitrogens with zero attached hydrogens (tertiary/aromatic N) is 2. The third kappa shape index (κ3) is 2.90. The largest absolute Gasteiger partial charge is 0.395 e. The van der Waals surface area contributed by atoms with Gasteiger partial charge in [-0.1, -0.05) is 0 Å². The van der Waals surface area contributed by atoms with Gasteiger partial charge in [-0.3, -0.25) is 0 Å². The Morgan fingerprint density at radius 3 is 2.93 bits per heavy atom. The molecular formula is C10H17N3OS. The molecule has 0 aliphatic carbocycles. The van der Waals surface area contributed by atoms with Crippen molar-refractivity contribution in [3.05, 3.63) is 11.6 Å². The molecule has 1 aliphatic rings. The van der Waals surface area contributed by atoms with Crippen molar-refractivity contribution >= 4 is 16.5 Å². The van der Waals surface area contributed by atoms with Crippen molar-refractivity contribution in [3.63, 3.8) is 0 Å². The van der Waals surface area contributed by atoms with Gasteiger partial charge in [-0.15, -0.1) is 11.3 Å². The van der Waals surface area contributed by atoms with Crippen LogP contribution in [0, 0.1) is 0 Å². The Morgan fingerprint density at radius 1 is 1.53 bits per heavy atom. The van der Waals surface area contributed by atoms with Crippen molar-refractivity contribution in [2.24, 2.45) is 0 Å². The Hall–Kier alpha value is -0.650. The first-order valence-corrected chi connectivity index (χ1v) is 6.27. The third-order valence-electron chi connectivity index (χ3n) is 2.73. The third-order valence-corrected chi connectivity index (χ3v) is 3.56. The van der Waals surface area contributed by atoms with Gasteiger partial charge in [0.05, 0.1) is 6.61 Å². The molecule has 1 aromatic rings. The van der Waals surface area contributed by atoms with Gasteiger partial charge in [-0.2, -0.15) is 0 Å². The molecule has 1 aliphatic heterocycles. The van der Waals surface area contributed by atoms with Crippen molar-refractivity contribution in [1.29, 1.82) is 0 Å². The lowest BCUT2D eigenvalue weighted by atomic mass is 10.1. The quantitative estimate of drug-likeness (QED) is 0.795. The van der Waals surface area contributed by atoms with Crippen molar-refractivity contribution in [2.45, 2.75) is 18.9 Å². The fourth-order valence-corrected chi connectivity index (χ4v) is 2.61. The van der Waals surface area contributed by atoms with E-state index in [0.717, 1.165) is 31.1 Å². The van der Waals surface area contributed by atoms with Crippen LogP contribution in [-0.2, 0) is 0 Å². The average molecular weight is 227 g/mol. The van der Waals surface area contributed by atoms with Gasteiger partial charge < -0.3 is 15.3 Å². The van der Waals surface area contributed by atoms with Crippen LogP contribution in [-0.4, -0.2) is 42.4 Å². The number of rotatable bonds is 4. The lowest BCUT2D eigenvalue weighted by Gasteiger charge is -2.32. The molecule has 4 nitrogen and oxygen atoms in total. The minimum absolute atomic E-state index is 0.229. The van der Waals surface area contributed by atoms with E-state index in [4.69, 9.17) is 5.11 Å². The van der Waals surface area contributed by atoms with Gasteiger partial charge >= 0.3 is 0 Å². The number of piperidine rings is 1. The maximum Gasteiger partial charge on any atom is 0.185 e. The first-order chi connectivity index (χ1) is 7.40. The molecule has 2 N–H and O–H groups in total. The summed E-state index contributed by atoms with van der Waals surface area (Å²) in [5, 5.41) is 15.2. The number of hydrogen-bond acceptors (Lipinski definition) is 5. The Morgan fingerprint density at radius 2 is 2.33 bits per heavy atom. The fraction of sp³-hybridized carbons (Fsp3) is 0.700. The van der Waals surface area contributed by atoms with Crippen LogP contribution in [0.3, 0.4) is 0 Å². The van der Waals surface area contributed by atoms with E-state index in [0.29, 0.717) is 12.6 Å². The monoisotopic (exact) mass is 227 g/mol. The lowest BCUT2D eigenvalue weighted by Crippen LogP contribution is -2.43. The number of nitrogens with one attached hydrogen (secondary N) is 1. The van der Waals surface area contributed by atoms with E-state index >= 15 is 0 Å². The van der Waals surface area contributed by atoms with E-state index in [2.05, 4.69) is 15.2 Å². The number of anilines is 1. The second-order valence-corrected chi connectivity index (χ2v) is 4.63. The Balaban J connectivity index is 1.77. The van der Waals surface area contributed by atoms with E-state index in [-0.39, 0.29) is 6.61 Å². The van der Waals surface area contributed by atoms with Crippen LogP contribution in [0.4, 0.5) is 5.13 Å². The van der Waals surface area contributed by atoms with Gasteiger partial charge in [-0.25, -0.2) is 4.98 Å². The summed E-state index contributed by atoms with van der Waals surface area (Å²) in [5.41, 5.74) is 0. The highest BCUT2D eigenvalue weighted by atomic mass is 32.1. The summed E-state index contributed by atoms with van der Waals surface area (Å²) in [7, 11) is 0. The first-order valence-electron chi connectivity index (χ1n) is 5.39. The van der Waals surface area contributed by atoms with Gasteiger partial charge in [0.2, 0.25) is 0 Å². The van der Waals surface area contributed by atoms with Gasteiger partial charge in [0.1, 0.15) is 0 Å². The summed E-state index contributed by atoms with van der Waals surface area (Å²) in [4.78, 5) is 6.65. The second kappa shape index (κ2) is 5.44. The fourth-order valence-electron chi connectivity index (χ4n) is 1.92. The first kappa shape index (κ1) is 10.9. The summed E-state index contributed by atoms with van der Waals surface area (Å²) >= 11 is 1.70. The molecule has 1 fully saturated rings. The summed E-state index contributed by atoms with van der Waals surface area (Å²) in [6.07, 6.45) is 4.13. The molecule has 1 aromatic heterocycles. The molecular weight excluding hydrogens is 210 g/mol. The zero-order chi connectivity index (χ0) is 10.5. The highest BCUT2D eigenvalue weighted by Gasteiger charge is 2.19. The van der Waals surface area contributed by atoms with Crippen LogP contribution in [0.15, 0.2) is 11.6 Å². The number of aliphatic hydroxyl groups is 1. The van der Waals surface area contributed by atoms with Crippen molar-refractivity contribution in [3.8, 4) is 0 Å². The molecule has 5 heteroatoms. The smallest absolute Gasteiger partial charge is 0.185 e. The van der Waals surface area contributed by atoms with Gasteiger partial charge in [0.25, 0.3) is 0 Å². The summed E-state index contributed by atoms with van der Waals surface area (Å²) in [5.74, 6) is 0.